The number of fused-ring (bicyclic) bond motifs is 1. The first-order valence-electron chi connectivity index (χ1n) is 9.92. The predicted octanol–water partition coefficient (Wildman–Crippen LogP) is 3.97. The van der Waals surface area contributed by atoms with Crippen LogP contribution in [0.1, 0.15) is 15.9 Å². The number of halogens is 1. The van der Waals surface area contributed by atoms with Crippen molar-refractivity contribution < 1.29 is 37.9 Å². The SMILES string of the molecule is O=C(Cc1cccc(-c2nc(NC(P(=O)(O)O)P(=O)(O)O)c3ccsc3n2)c1)c1ccc(F)cc1. The number of benzene rings is 2. The molecular weight excluding hydrogens is 519 g/mol. The van der Waals surface area contributed by atoms with Crippen LogP contribution in [0.25, 0.3) is 21.6 Å². The molecular formula is C21H18FN3O7P2S. The zero-order chi connectivity index (χ0) is 25.4. The van der Waals surface area contributed by atoms with Crippen molar-refractivity contribution in [1.29, 1.82) is 0 Å². The Morgan fingerprint density at radius 3 is 2.34 bits per heavy atom. The van der Waals surface area contributed by atoms with Crippen LogP contribution in [0.4, 0.5) is 10.2 Å². The second-order valence-corrected chi connectivity index (χ2v) is 12.2. The molecule has 0 aliphatic carbocycles. The van der Waals surface area contributed by atoms with Crippen molar-refractivity contribution in [3.63, 3.8) is 0 Å². The van der Waals surface area contributed by atoms with Crippen LogP contribution in [0.2, 0.25) is 0 Å². The van der Waals surface area contributed by atoms with E-state index in [1.807, 2.05) is 0 Å². The average Bonchev–Trinajstić information content (AvgIpc) is 3.25. The third-order valence-corrected chi connectivity index (χ3v) is 9.09. The monoisotopic (exact) mass is 537 g/mol. The van der Waals surface area contributed by atoms with Gasteiger partial charge in [-0.2, -0.15) is 0 Å². The van der Waals surface area contributed by atoms with Gasteiger partial charge in [0.1, 0.15) is 16.5 Å². The lowest BCUT2D eigenvalue weighted by Gasteiger charge is -2.21. The normalized spacial score (nSPS) is 12.3. The molecule has 0 bridgehead atoms. The minimum Gasteiger partial charge on any atom is -0.346 e. The van der Waals surface area contributed by atoms with Crippen molar-refractivity contribution in [2.75, 3.05) is 5.32 Å². The second kappa shape index (κ2) is 9.67. The van der Waals surface area contributed by atoms with E-state index in [1.54, 1.807) is 35.7 Å². The highest BCUT2D eigenvalue weighted by atomic mass is 32.1. The number of carbonyl (C=O) groups excluding carboxylic acids is 1. The van der Waals surface area contributed by atoms with E-state index in [-0.39, 0.29) is 23.8 Å². The summed E-state index contributed by atoms with van der Waals surface area (Å²) in [6, 6.07) is 13.4. The van der Waals surface area contributed by atoms with Crippen molar-refractivity contribution in [2.45, 2.75) is 11.9 Å². The molecule has 0 fully saturated rings. The summed E-state index contributed by atoms with van der Waals surface area (Å²) in [5.74, 6) is -0.719. The van der Waals surface area contributed by atoms with Gasteiger partial charge in [0.25, 0.3) is 0 Å². The van der Waals surface area contributed by atoms with Gasteiger partial charge in [0, 0.05) is 17.5 Å². The number of hydrogen-bond donors (Lipinski definition) is 5. The Morgan fingerprint density at radius 2 is 1.69 bits per heavy atom. The fraction of sp³-hybridized carbons (Fsp3) is 0.0952. The smallest absolute Gasteiger partial charge is 0.346 e. The summed E-state index contributed by atoms with van der Waals surface area (Å²) in [6.45, 7) is 0. The summed E-state index contributed by atoms with van der Waals surface area (Å²) in [5, 5.41) is 4.19. The average molecular weight is 537 g/mol. The molecule has 0 saturated carbocycles. The second-order valence-electron chi connectivity index (χ2n) is 7.54. The fourth-order valence-electron chi connectivity index (χ4n) is 3.32. The van der Waals surface area contributed by atoms with E-state index in [2.05, 4.69) is 15.3 Å². The minimum atomic E-state index is -5.26. The van der Waals surface area contributed by atoms with Crippen molar-refractivity contribution >= 4 is 48.3 Å². The first-order chi connectivity index (χ1) is 16.4. The number of Topliss-reactive ketones (excluding diaryl/α,β-unsaturated/α-hetero) is 1. The van der Waals surface area contributed by atoms with Crippen LogP contribution in [-0.2, 0) is 15.6 Å². The molecule has 0 aliphatic heterocycles. The molecule has 2 heterocycles. The highest BCUT2D eigenvalue weighted by Crippen LogP contribution is 2.59. The van der Waals surface area contributed by atoms with Crippen LogP contribution in [0.5, 0.6) is 0 Å². The number of nitrogens with one attached hydrogen (secondary N) is 1. The molecule has 0 atom stereocenters. The van der Waals surface area contributed by atoms with Gasteiger partial charge in [-0.25, -0.2) is 14.4 Å². The van der Waals surface area contributed by atoms with Gasteiger partial charge in [0.05, 0.1) is 5.39 Å². The lowest BCUT2D eigenvalue weighted by molar-refractivity contribution is 0.0993. The van der Waals surface area contributed by atoms with Crippen LogP contribution >= 0.6 is 26.5 Å². The van der Waals surface area contributed by atoms with Crippen LogP contribution < -0.4 is 5.32 Å². The van der Waals surface area contributed by atoms with Gasteiger partial charge >= 0.3 is 15.2 Å². The molecule has 0 unspecified atom stereocenters. The Bertz CT molecular complexity index is 1480. The highest BCUT2D eigenvalue weighted by molar-refractivity contribution is 7.71. The minimum absolute atomic E-state index is 0.0182. The van der Waals surface area contributed by atoms with Crippen molar-refractivity contribution in [3.05, 3.63) is 76.9 Å². The summed E-state index contributed by atoms with van der Waals surface area (Å²) in [4.78, 5) is 59.6. The van der Waals surface area contributed by atoms with Gasteiger partial charge in [-0.05, 0) is 47.3 Å². The molecule has 0 spiro atoms. The number of ketones is 1. The largest absolute Gasteiger partial charge is 0.360 e. The zero-order valence-corrected chi connectivity index (χ0v) is 20.3. The summed E-state index contributed by atoms with van der Waals surface area (Å²) in [6.07, 6.45) is 0.0182. The molecule has 0 aliphatic rings. The van der Waals surface area contributed by atoms with Crippen LogP contribution in [0, 0.1) is 5.82 Å². The molecule has 182 valence electrons. The third-order valence-electron chi connectivity index (χ3n) is 4.94. The molecule has 0 amide bonds. The topological polar surface area (TPSA) is 170 Å². The Hall–Kier alpha value is -2.82. The standard InChI is InChI=1S/C21H18FN3O7P2S/c22-15-6-4-13(5-7-15)17(26)11-12-2-1-3-14(10-12)18-23-19(16-8-9-35-20(16)24-18)25-21(33(27,28)29)34(30,31)32/h1-10,21H,11H2,(H,23,24,25)(H2,27,28,29)(H2,30,31,32). The van der Waals surface area contributed by atoms with E-state index in [4.69, 9.17) is 0 Å². The molecule has 10 nitrogen and oxygen atoms in total. The Balaban J connectivity index is 1.69. The first kappa shape index (κ1) is 25.3. The number of anilines is 1. The molecule has 4 aromatic rings. The van der Waals surface area contributed by atoms with Crippen molar-refractivity contribution in [2.24, 2.45) is 0 Å². The maximum atomic E-state index is 13.1. The molecule has 0 radical (unpaired) electrons. The zero-order valence-electron chi connectivity index (χ0n) is 17.6. The van der Waals surface area contributed by atoms with Gasteiger partial charge in [0.15, 0.2) is 11.6 Å². The first-order valence-corrected chi connectivity index (χ1v) is 14.2. The lowest BCUT2D eigenvalue weighted by Crippen LogP contribution is -2.21. The van der Waals surface area contributed by atoms with E-state index in [9.17, 15) is 37.9 Å². The summed E-state index contributed by atoms with van der Waals surface area (Å²) < 4.78 is 36.6. The van der Waals surface area contributed by atoms with Gasteiger partial charge in [0.2, 0.25) is 5.52 Å². The molecule has 2 aromatic carbocycles. The van der Waals surface area contributed by atoms with E-state index in [0.717, 1.165) is 0 Å². The predicted molar refractivity (Wildman–Crippen MR) is 129 cm³/mol. The van der Waals surface area contributed by atoms with E-state index < -0.39 is 26.5 Å². The number of thiophene rings is 1. The van der Waals surface area contributed by atoms with E-state index in [0.29, 0.717) is 26.9 Å². The molecule has 4 rings (SSSR count). The fourth-order valence-corrected chi connectivity index (χ4v) is 6.24. The number of aromatic nitrogens is 2. The van der Waals surface area contributed by atoms with Gasteiger partial charge in [-0.3, -0.25) is 13.9 Å². The molecule has 14 heteroatoms. The van der Waals surface area contributed by atoms with Crippen LogP contribution in [0.15, 0.2) is 60.0 Å². The number of carbonyl (C=O) groups is 1. The van der Waals surface area contributed by atoms with Crippen molar-refractivity contribution in [1.82, 2.24) is 9.97 Å². The highest BCUT2D eigenvalue weighted by Gasteiger charge is 2.44. The van der Waals surface area contributed by atoms with E-state index in [1.165, 1.54) is 35.6 Å². The van der Waals surface area contributed by atoms with Crippen molar-refractivity contribution in [3.8, 4) is 11.4 Å². The molecule has 35 heavy (non-hydrogen) atoms. The number of nitrogens with zero attached hydrogens (tertiary/aromatic N) is 2. The van der Waals surface area contributed by atoms with Gasteiger partial charge in [-0.15, -0.1) is 11.3 Å². The Morgan fingerprint density at radius 1 is 1.00 bits per heavy atom. The molecule has 0 saturated heterocycles. The molecule has 5 N–H and O–H groups in total. The van der Waals surface area contributed by atoms with Gasteiger partial charge in [-0.1, -0.05) is 18.2 Å². The summed E-state index contributed by atoms with van der Waals surface area (Å²) >= 11 is 1.20. The van der Waals surface area contributed by atoms with Crippen LogP contribution in [-0.4, -0.2) is 40.8 Å². The van der Waals surface area contributed by atoms with Crippen LogP contribution in [0.3, 0.4) is 0 Å². The number of hydrogen-bond acceptors (Lipinski definition) is 7. The Labute approximate surface area is 201 Å². The number of rotatable bonds is 8. The maximum absolute atomic E-state index is 13.1. The van der Waals surface area contributed by atoms with E-state index >= 15 is 0 Å². The van der Waals surface area contributed by atoms with Gasteiger partial charge < -0.3 is 24.9 Å². The molecule has 2 aromatic heterocycles. The lowest BCUT2D eigenvalue weighted by atomic mass is 10.0. The quantitative estimate of drug-likeness (QED) is 0.164. The summed E-state index contributed by atoms with van der Waals surface area (Å²) in [7, 11) is -10.5. The third kappa shape index (κ3) is 5.88. The maximum Gasteiger partial charge on any atom is 0.360 e. The Kier molecular flexibility index (Phi) is 6.99. The summed E-state index contributed by atoms with van der Waals surface area (Å²) in [5.41, 5.74) is -1.05.